The van der Waals surface area contributed by atoms with Crippen molar-refractivity contribution in [2.75, 3.05) is 4.90 Å². The fourth-order valence-electron chi connectivity index (χ4n) is 10.9. The van der Waals surface area contributed by atoms with Gasteiger partial charge in [0.05, 0.1) is 27.5 Å². The number of aromatic nitrogens is 3. The zero-order chi connectivity index (χ0) is 39.8. The molecule has 12 aromatic rings. The lowest BCUT2D eigenvalue weighted by Gasteiger charge is -2.32. The van der Waals surface area contributed by atoms with Crippen molar-refractivity contribution in [1.29, 1.82) is 0 Å². The van der Waals surface area contributed by atoms with Gasteiger partial charge in [0.2, 0.25) is 5.78 Å². The summed E-state index contributed by atoms with van der Waals surface area (Å²) in [7, 11) is 0. The summed E-state index contributed by atoms with van der Waals surface area (Å²) in [5, 5.41) is 2.22. The van der Waals surface area contributed by atoms with Crippen molar-refractivity contribution < 1.29 is 4.42 Å². The molecule has 61 heavy (non-hydrogen) atoms. The Bertz CT molecular complexity index is 3730. The maximum Gasteiger partial charge on any atom is 0.220 e. The van der Waals surface area contributed by atoms with Crippen molar-refractivity contribution >= 4 is 66.8 Å². The minimum Gasteiger partial charge on any atom is -0.456 e. The maximum absolute atomic E-state index is 6.56. The second kappa shape index (κ2) is 12.0. The van der Waals surface area contributed by atoms with Crippen LogP contribution in [0.2, 0.25) is 0 Å². The summed E-state index contributed by atoms with van der Waals surface area (Å²) in [5.74, 6) is 0.880. The SMILES string of the molecule is c1ccc(-n2c3ccc(N(c4ccc5c(c4)C4(c6ccccc6-c6ccccc64)c4ccccc4-5)c4ccc5c(c4)oc4ccccc45)cc3n3c4ccccc4nc23)cc1. The Morgan fingerprint density at radius 1 is 0.410 bits per heavy atom. The maximum atomic E-state index is 6.56. The van der Waals surface area contributed by atoms with Crippen LogP contribution in [0, 0.1) is 0 Å². The molecule has 5 heteroatoms. The lowest BCUT2D eigenvalue weighted by molar-refractivity contribution is 0.669. The van der Waals surface area contributed by atoms with E-state index in [2.05, 4.69) is 208 Å². The summed E-state index contributed by atoms with van der Waals surface area (Å²) in [6.07, 6.45) is 0. The molecule has 0 unspecified atom stereocenters. The molecular weight excluding hydrogens is 745 g/mol. The normalized spacial score (nSPS) is 13.4. The molecule has 9 aromatic carbocycles. The van der Waals surface area contributed by atoms with E-state index in [1.807, 2.05) is 12.1 Å². The Kier molecular flexibility index (Phi) is 6.43. The first-order valence-electron chi connectivity index (χ1n) is 20.9. The Hall–Kier alpha value is -8.15. The number of benzene rings is 9. The van der Waals surface area contributed by atoms with E-state index < -0.39 is 5.41 Å². The van der Waals surface area contributed by atoms with Crippen LogP contribution in [-0.2, 0) is 5.41 Å². The molecule has 0 bridgehead atoms. The van der Waals surface area contributed by atoms with Crippen molar-refractivity contribution in [3.8, 4) is 27.9 Å². The molecule has 3 heterocycles. The number of para-hydroxylation sites is 4. The summed E-state index contributed by atoms with van der Waals surface area (Å²) in [5.41, 5.74) is 20.0. The quantitative estimate of drug-likeness (QED) is 0.179. The molecule has 14 rings (SSSR count). The first-order valence-corrected chi connectivity index (χ1v) is 20.9. The van der Waals surface area contributed by atoms with Crippen LogP contribution >= 0.6 is 0 Å². The van der Waals surface area contributed by atoms with Gasteiger partial charge in [-0.25, -0.2) is 4.98 Å². The number of anilines is 3. The highest BCUT2D eigenvalue weighted by Gasteiger charge is 2.51. The fourth-order valence-corrected chi connectivity index (χ4v) is 10.9. The van der Waals surface area contributed by atoms with E-state index in [0.29, 0.717) is 0 Å². The van der Waals surface area contributed by atoms with Crippen molar-refractivity contribution in [2.45, 2.75) is 5.41 Å². The first kappa shape index (κ1) is 32.8. The van der Waals surface area contributed by atoms with E-state index in [9.17, 15) is 0 Å². The Balaban J connectivity index is 1.06. The van der Waals surface area contributed by atoms with E-state index in [1.54, 1.807) is 0 Å². The van der Waals surface area contributed by atoms with Gasteiger partial charge in [-0.2, -0.15) is 0 Å². The molecule has 0 saturated carbocycles. The highest BCUT2D eigenvalue weighted by atomic mass is 16.3. The van der Waals surface area contributed by atoms with E-state index in [0.717, 1.165) is 72.5 Å². The molecule has 0 amide bonds. The number of hydrogen-bond donors (Lipinski definition) is 0. The van der Waals surface area contributed by atoms with E-state index >= 15 is 0 Å². The van der Waals surface area contributed by atoms with Crippen molar-refractivity contribution in [3.63, 3.8) is 0 Å². The zero-order valence-corrected chi connectivity index (χ0v) is 32.8. The third-order valence-electron chi connectivity index (χ3n) is 13.3. The van der Waals surface area contributed by atoms with Gasteiger partial charge in [-0.05, 0) is 117 Å². The van der Waals surface area contributed by atoms with Gasteiger partial charge in [-0.15, -0.1) is 0 Å². The predicted molar refractivity (Wildman–Crippen MR) is 248 cm³/mol. The Labute approximate surface area is 350 Å². The van der Waals surface area contributed by atoms with Gasteiger partial charge in [0.15, 0.2) is 0 Å². The standard InChI is InChI=1S/C56H34N4O/c1-2-14-35(15-3-1)59-51-31-28-37(33-52(51)60-50-24-12-11-23-49(50)57-55(59)60)58(38-27-30-44-43-19-7-13-25-53(43)61-54(44)34-38)36-26-29-42-41-18-6-10-22-47(41)56(48(42)32-36)45-20-8-4-16-39(45)40-17-5-9-21-46(40)56/h1-34H. The van der Waals surface area contributed by atoms with Crippen LogP contribution in [0.3, 0.4) is 0 Å². The summed E-state index contributed by atoms with van der Waals surface area (Å²) < 4.78 is 11.1. The number of hydrogen-bond acceptors (Lipinski definition) is 3. The zero-order valence-electron chi connectivity index (χ0n) is 32.8. The molecule has 1 spiro atoms. The average molecular weight is 779 g/mol. The number of fused-ring (bicyclic) bond motifs is 18. The molecule has 0 radical (unpaired) electrons. The van der Waals surface area contributed by atoms with Gasteiger partial charge in [0.25, 0.3) is 0 Å². The molecule has 3 aromatic heterocycles. The van der Waals surface area contributed by atoms with E-state index in [1.165, 1.54) is 44.5 Å². The molecule has 5 nitrogen and oxygen atoms in total. The molecular formula is C56H34N4O. The van der Waals surface area contributed by atoms with Gasteiger partial charge in [-0.1, -0.05) is 127 Å². The topological polar surface area (TPSA) is 38.6 Å². The molecule has 2 aliphatic rings. The number of nitrogens with zero attached hydrogens (tertiary/aromatic N) is 4. The third-order valence-corrected chi connectivity index (χ3v) is 13.3. The number of furan rings is 1. The predicted octanol–water partition coefficient (Wildman–Crippen LogP) is 14.1. The van der Waals surface area contributed by atoms with Crippen molar-refractivity contribution in [1.82, 2.24) is 14.0 Å². The monoisotopic (exact) mass is 778 g/mol. The Morgan fingerprint density at radius 3 is 1.75 bits per heavy atom. The second-order valence-corrected chi connectivity index (χ2v) is 16.3. The van der Waals surface area contributed by atoms with Crippen LogP contribution in [0.15, 0.2) is 211 Å². The summed E-state index contributed by atoms with van der Waals surface area (Å²) in [6, 6.07) is 74.9. The molecule has 0 saturated heterocycles. The largest absolute Gasteiger partial charge is 0.456 e. The van der Waals surface area contributed by atoms with Crippen molar-refractivity contribution in [3.05, 3.63) is 229 Å². The van der Waals surface area contributed by atoms with E-state index in [4.69, 9.17) is 9.40 Å². The highest BCUT2D eigenvalue weighted by Crippen LogP contribution is 2.63. The van der Waals surface area contributed by atoms with Gasteiger partial charge in [0.1, 0.15) is 11.2 Å². The molecule has 0 atom stereocenters. The van der Waals surface area contributed by atoms with Crippen LogP contribution in [0.1, 0.15) is 22.3 Å². The van der Waals surface area contributed by atoms with Gasteiger partial charge in [-0.3, -0.25) is 8.97 Å². The highest BCUT2D eigenvalue weighted by molar-refractivity contribution is 6.06. The molecule has 284 valence electrons. The lowest BCUT2D eigenvalue weighted by Crippen LogP contribution is -2.26. The summed E-state index contributed by atoms with van der Waals surface area (Å²) in [6.45, 7) is 0. The minimum absolute atomic E-state index is 0.470. The smallest absolute Gasteiger partial charge is 0.220 e. The molecule has 0 fully saturated rings. The summed E-state index contributed by atoms with van der Waals surface area (Å²) >= 11 is 0. The lowest BCUT2D eigenvalue weighted by atomic mass is 9.70. The van der Waals surface area contributed by atoms with Crippen LogP contribution in [0.4, 0.5) is 17.1 Å². The number of rotatable bonds is 4. The third kappa shape index (κ3) is 4.26. The number of imidazole rings is 2. The van der Waals surface area contributed by atoms with Gasteiger partial charge < -0.3 is 9.32 Å². The summed E-state index contributed by atoms with van der Waals surface area (Å²) in [4.78, 5) is 7.61. The van der Waals surface area contributed by atoms with Crippen LogP contribution in [0.25, 0.3) is 77.7 Å². The van der Waals surface area contributed by atoms with Gasteiger partial charge >= 0.3 is 0 Å². The van der Waals surface area contributed by atoms with Crippen LogP contribution in [0.5, 0.6) is 0 Å². The molecule has 0 N–H and O–H groups in total. The fraction of sp³-hybridized carbons (Fsp3) is 0.0179. The average Bonchev–Trinajstić information content (AvgIpc) is 4.10. The Morgan fingerprint density at radius 2 is 0.984 bits per heavy atom. The van der Waals surface area contributed by atoms with Crippen LogP contribution in [-0.4, -0.2) is 14.0 Å². The van der Waals surface area contributed by atoms with Crippen molar-refractivity contribution in [2.24, 2.45) is 0 Å². The molecule has 0 aliphatic heterocycles. The first-order chi connectivity index (χ1) is 30.3. The van der Waals surface area contributed by atoms with E-state index in [-0.39, 0.29) is 0 Å². The van der Waals surface area contributed by atoms with Crippen LogP contribution < -0.4 is 4.90 Å². The van der Waals surface area contributed by atoms with Gasteiger partial charge in [0, 0.05) is 39.6 Å². The molecule has 2 aliphatic carbocycles. The second-order valence-electron chi connectivity index (χ2n) is 16.3. The minimum atomic E-state index is -0.470.